The molecule has 8 heteroatoms. The number of amides is 1. The number of fused-ring (bicyclic) bond motifs is 2. The highest BCUT2D eigenvalue weighted by atomic mass is 35.5. The van der Waals surface area contributed by atoms with Gasteiger partial charge in [-0.2, -0.15) is 0 Å². The van der Waals surface area contributed by atoms with Crippen molar-refractivity contribution < 1.29 is 4.79 Å². The lowest BCUT2D eigenvalue weighted by atomic mass is 9.45. The molecule has 1 aliphatic heterocycles. The van der Waals surface area contributed by atoms with Crippen molar-refractivity contribution in [3.63, 3.8) is 0 Å². The summed E-state index contributed by atoms with van der Waals surface area (Å²) >= 11 is 12.3. The fraction of sp³-hybridized carbons (Fsp3) is 0.562. The lowest BCUT2D eigenvalue weighted by molar-refractivity contribution is -0.108. The fourth-order valence-corrected chi connectivity index (χ4v) is 7.43. The van der Waals surface area contributed by atoms with Crippen molar-refractivity contribution >= 4 is 40.8 Å². The molecule has 3 aliphatic carbocycles. The molecule has 6 nitrogen and oxygen atoms in total. The molecule has 2 N–H and O–H groups in total. The van der Waals surface area contributed by atoms with Gasteiger partial charge < -0.3 is 20.4 Å². The van der Waals surface area contributed by atoms with E-state index in [4.69, 9.17) is 28.2 Å². The molecule has 1 heterocycles. The van der Waals surface area contributed by atoms with Gasteiger partial charge >= 0.3 is 0 Å². The Bertz CT molecular complexity index is 1250. The van der Waals surface area contributed by atoms with Gasteiger partial charge in [0.05, 0.1) is 6.04 Å². The second-order valence-electron chi connectivity index (χ2n) is 12.7. The number of benzene rings is 2. The molecule has 3 saturated carbocycles. The van der Waals surface area contributed by atoms with Crippen LogP contribution in [0.2, 0.25) is 10.0 Å². The van der Waals surface area contributed by atoms with E-state index in [0.29, 0.717) is 52.0 Å². The van der Waals surface area contributed by atoms with Crippen molar-refractivity contribution in [2.75, 3.05) is 38.5 Å². The first-order valence-electron chi connectivity index (χ1n) is 14.7. The van der Waals surface area contributed by atoms with Crippen LogP contribution in [0, 0.1) is 23.2 Å². The van der Waals surface area contributed by atoms with E-state index in [-0.39, 0.29) is 5.91 Å². The molecule has 0 unspecified atom stereocenters. The first-order valence-corrected chi connectivity index (χ1v) is 15.4. The molecular formula is C32H43Cl2N5O. The van der Waals surface area contributed by atoms with E-state index >= 15 is 0 Å². The number of hydrogen-bond acceptors (Lipinski definition) is 3. The van der Waals surface area contributed by atoms with E-state index in [1.165, 1.54) is 12.8 Å². The molecule has 5 atom stereocenters. The van der Waals surface area contributed by atoms with Crippen molar-refractivity contribution in [2.24, 2.45) is 28.2 Å². The Morgan fingerprint density at radius 3 is 2.55 bits per heavy atom. The van der Waals surface area contributed by atoms with Gasteiger partial charge in [0.25, 0.3) is 5.91 Å². The van der Waals surface area contributed by atoms with Gasteiger partial charge in [-0.3, -0.25) is 4.79 Å². The Morgan fingerprint density at radius 2 is 1.90 bits per heavy atom. The number of carbonyl (C=O) groups excluding carboxylic acids is 1. The maximum atomic E-state index is 13.1. The summed E-state index contributed by atoms with van der Waals surface area (Å²) in [6.45, 7) is 12.9. The van der Waals surface area contributed by atoms with Gasteiger partial charge in [-0.1, -0.05) is 50.0 Å². The summed E-state index contributed by atoms with van der Waals surface area (Å²) in [6.07, 6.45) is 3.18. The number of likely N-dealkylation sites (N-methyl/N-ethyl adjacent to an activating group) is 1. The van der Waals surface area contributed by atoms with Crippen LogP contribution in [0.1, 0.15) is 56.5 Å². The second-order valence-corrected chi connectivity index (χ2v) is 13.5. The molecular weight excluding hydrogens is 541 g/mol. The Morgan fingerprint density at radius 1 is 1.15 bits per heavy atom. The van der Waals surface area contributed by atoms with Crippen LogP contribution >= 0.6 is 23.2 Å². The lowest BCUT2D eigenvalue weighted by Crippen LogP contribution is -2.57. The molecule has 1 saturated heterocycles. The van der Waals surface area contributed by atoms with E-state index < -0.39 is 0 Å². The predicted octanol–water partition coefficient (Wildman–Crippen LogP) is 6.44. The minimum atomic E-state index is -0.0145. The minimum absolute atomic E-state index is 0.0145. The molecule has 0 spiro atoms. The van der Waals surface area contributed by atoms with Crippen molar-refractivity contribution in [1.29, 1.82) is 0 Å². The van der Waals surface area contributed by atoms with Gasteiger partial charge in [0, 0.05) is 60.6 Å². The summed E-state index contributed by atoms with van der Waals surface area (Å²) in [5, 5.41) is 8.42. The quantitative estimate of drug-likeness (QED) is 0.303. The van der Waals surface area contributed by atoms with Gasteiger partial charge in [0.2, 0.25) is 0 Å². The van der Waals surface area contributed by atoms with E-state index in [9.17, 15) is 4.79 Å². The summed E-state index contributed by atoms with van der Waals surface area (Å²) in [4.78, 5) is 22.6. The average Bonchev–Trinajstić information content (AvgIpc) is 2.92. The molecule has 216 valence electrons. The summed E-state index contributed by atoms with van der Waals surface area (Å²) in [6, 6.07) is 14.0. The van der Waals surface area contributed by atoms with E-state index in [1.54, 1.807) is 11.0 Å². The van der Waals surface area contributed by atoms with Crippen molar-refractivity contribution in [2.45, 2.75) is 59.0 Å². The molecule has 4 fully saturated rings. The molecule has 2 aromatic carbocycles. The molecule has 6 rings (SSSR count). The Labute approximate surface area is 249 Å². The van der Waals surface area contributed by atoms with Crippen molar-refractivity contribution in [3.8, 4) is 0 Å². The summed E-state index contributed by atoms with van der Waals surface area (Å²) in [5.74, 6) is 3.04. The van der Waals surface area contributed by atoms with Crippen LogP contribution in [0.5, 0.6) is 0 Å². The van der Waals surface area contributed by atoms with Gasteiger partial charge in [-0.15, -0.1) is 0 Å². The van der Waals surface area contributed by atoms with Crippen LogP contribution in [0.25, 0.3) is 0 Å². The van der Waals surface area contributed by atoms with Crippen LogP contribution in [0.3, 0.4) is 0 Å². The van der Waals surface area contributed by atoms with E-state index in [1.807, 2.05) is 43.4 Å². The zero-order valence-corrected chi connectivity index (χ0v) is 25.9. The molecule has 0 aromatic heterocycles. The predicted molar refractivity (Wildman–Crippen MR) is 167 cm³/mol. The largest absolute Gasteiger partial charge is 0.341 e. The number of piperazine rings is 1. The summed E-state index contributed by atoms with van der Waals surface area (Å²) < 4.78 is 0. The molecule has 0 radical (unpaired) electrons. The van der Waals surface area contributed by atoms with Crippen LogP contribution in [-0.2, 0) is 6.42 Å². The van der Waals surface area contributed by atoms with Crippen molar-refractivity contribution in [1.82, 2.24) is 15.1 Å². The number of aliphatic imine (C=N–C) groups is 1. The first kappa shape index (κ1) is 29.2. The number of guanidine groups is 1. The maximum absolute atomic E-state index is 13.1. The number of anilines is 1. The van der Waals surface area contributed by atoms with Crippen LogP contribution in [-0.4, -0.2) is 67.0 Å². The third-order valence-corrected chi connectivity index (χ3v) is 10.3. The number of nitrogens with zero attached hydrogens (tertiary/aromatic N) is 3. The maximum Gasteiger partial charge on any atom is 0.253 e. The lowest BCUT2D eigenvalue weighted by Gasteiger charge is -2.61. The SMILES string of the molecule is C[C@H]1[C@@H](N=C(Nc2ccc(C(=O)N(C)CCc3ccc(Cl)cc3Cl)cc2)N2CCN[C@@H](C)C2)C[C@@H]2C[C@@H]1C2(C)C. The van der Waals surface area contributed by atoms with Crippen LogP contribution in [0.15, 0.2) is 47.5 Å². The van der Waals surface area contributed by atoms with Crippen molar-refractivity contribution in [3.05, 3.63) is 63.6 Å². The monoisotopic (exact) mass is 583 g/mol. The zero-order valence-electron chi connectivity index (χ0n) is 24.4. The summed E-state index contributed by atoms with van der Waals surface area (Å²) in [5.41, 5.74) is 3.03. The zero-order chi connectivity index (χ0) is 28.6. The van der Waals surface area contributed by atoms with Crippen LogP contribution in [0.4, 0.5) is 5.69 Å². The highest BCUT2D eigenvalue weighted by molar-refractivity contribution is 6.35. The second kappa shape index (κ2) is 11.9. The summed E-state index contributed by atoms with van der Waals surface area (Å²) in [7, 11) is 1.83. The van der Waals surface area contributed by atoms with E-state index in [0.717, 1.165) is 48.7 Å². The Balaban J connectivity index is 1.26. The van der Waals surface area contributed by atoms with Crippen LogP contribution < -0.4 is 10.6 Å². The standard InChI is InChI=1S/C32H43Cl2N5O/c1-20-19-39(15-13-35-20)31(37-29-17-24-16-27(21(29)2)32(24,3)4)36-26-10-7-23(8-11-26)30(40)38(5)14-12-22-6-9-25(33)18-28(22)34/h6-11,18,20-21,24,27,29,35H,12-17,19H2,1-5H3,(H,36,37)/t20-,21+,24-,27-,29-/m0/s1. The molecule has 1 amide bonds. The highest BCUT2D eigenvalue weighted by Crippen LogP contribution is 2.61. The van der Waals surface area contributed by atoms with Gasteiger partial charge in [-0.05, 0) is 91.3 Å². The van der Waals surface area contributed by atoms with E-state index in [2.05, 4.69) is 43.2 Å². The third kappa shape index (κ3) is 6.14. The Kier molecular flexibility index (Phi) is 8.70. The first-order chi connectivity index (χ1) is 19.0. The number of rotatable bonds is 6. The van der Waals surface area contributed by atoms with Gasteiger partial charge in [0.1, 0.15) is 0 Å². The number of carbonyl (C=O) groups is 1. The fourth-order valence-electron chi connectivity index (χ4n) is 6.93. The number of nitrogens with one attached hydrogen (secondary N) is 2. The molecule has 2 aromatic rings. The molecule has 2 bridgehead atoms. The molecule has 4 aliphatic rings. The Hall–Kier alpha value is -2.28. The average molecular weight is 585 g/mol. The smallest absolute Gasteiger partial charge is 0.253 e. The van der Waals surface area contributed by atoms with Gasteiger partial charge in [0.15, 0.2) is 5.96 Å². The third-order valence-electron chi connectivity index (χ3n) is 9.74. The normalized spacial score (nSPS) is 27.6. The van der Waals surface area contributed by atoms with Gasteiger partial charge in [-0.25, -0.2) is 4.99 Å². The highest BCUT2D eigenvalue weighted by Gasteiger charge is 2.56. The number of halogens is 2. The number of hydrogen-bond donors (Lipinski definition) is 2. The molecule has 40 heavy (non-hydrogen) atoms. The minimum Gasteiger partial charge on any atom is -0.341 e. The topological polar surface area (TPSA) is 60.0 Å².